The Morgan fingerprint density at radius 1 is 1.00 bits per heavy atom. The molecule has 1 saturated heterocycles. The summed E-state index contributed by atoms with van der Waals surface area (Å²) < 4.78 is 0. The van der Waals surface area contributed by atoms with Crippen molar-refractivity contribution in [1.82, 2.24) is 4.90 Å². The highest BCUT2D eigenvalue weighted by atomic mass is 15.2. The largest absolute Gasteiger partial charge is 0.328 e. The lowest BCUT2D eigenvalue weighted by Gasteiger charge is -2.61. The van der Waals surface area contributed by atoms with E-state index in [2.05, 4.69) is 18.7 Å². The highest BCUT2D eigenvalue weighted by Crippen LogP contribution is 2.62. The molecule has 1 aliphatic heterocycles. The second-order valence-corrected chi connectivity index (χ2v) is 9.21. The van der Waals surface area contributed by atoms with E-state index in [-0.39, 0.29) is 0 Å². The molecule has 3 unspecified atom stereocenters. The summed E-state index contributed by atoms with van der Waals surface area (Å²) in [6.45, 7) is 7.37. The normalized spacial score (nSPS) is 49.3. The molecule has 1 heterocycles. The molecular weight excluding hydrogens is 256 g/mol. The molecule has 2 nitrogen and oxygen atoms in total. The van der Waals surface area contributed by atoms with E-state index >= 15 is 0 Å². The van der Waals surface area contributed by atoms with E-state index in [9.17, 15) is 0 Å². The van der Waals surface area contributed by atoms with Crippen LogP contribution >= 0.6 is 0 Å². The molecule has 2 N–H and O–H groups in total. The van der Waals surface area contributed by atoms with E-state index in [4.69, 9.17) is 5.73 Å². The van der Waals surface area contributed by atoms with Crippen molar-refractivity contribution in [3.05, 3.63) is 0 Å². The summed E-state index contributed by atoms with van der Waals surface area (Å²) in [5.41, 5.74) is 6.88. The summed E-state index contributed by atoms with van der Waals surface area (Å²) in [7, 11) is 0. The lowest BCUT2D eigenvalue weighted by molar-refractivity contribution is -0.103. The SMILES string of the molecule is CC(N)C1CCCN(C(C)C23CC4CC(CC(C4)C2)C3)C1. The lowest BCUT2D eigenvalue weighted by atomic mass is 9.47. The number of rotatable bonds is 3. The van der Waals surface area contributed by atoms with Crippen LogP contribution in [-0.4, -0.2) is 30.1 Å². The molecule has 2 heteroatoms. The fourth-order valence-electron chi connectivity index (χ4n) is 6.90. The second kappa shape index (κ2) is 5.23. The van der Waals surface area contributed by atoms with Gasteiger partial charge in [-0.3, -0.25) is 4.90 Å². The van der Waals surface area contributed by atoms with Gasteiger partial charge in [0.15, 0.2) is 0 Å². The Labute approximate surface area is 130 Å². The highest BCUT2D eigenvalue weighted by molar-refractivity contribution is 5.06. The second-order valence-electron chi connectivity index (χ2n) is 9.21. The van der Waals surface area contributed by atoms with E-state index in [1.165, 1.54) is 25.9 Å². The minimum absolute atomic E-state index is 0.372. The molecule has 21 heavy (non-hydrogen) atoms. The van der Waals surface area contributed by atoms with Gasteiger partial charge in [-0.25, -0.2) is 0 Å². The minimum Gasteiger partial charge on any atom is -0.328 e. The van der Waals surface area contributed by atoms with Crippen LogP contribution in [0.2, 0.25) is 0 Å². The van der Waals surface area contributed by atoms with Crippen LogP contribution in [0.3, 0.4) is 0 Å². The number of nitrogens with zero attached hydrogens (tertiary/aromatic N) is 1. The monoisotopic (exact) mass is 290 g/mol. The first-order valence-electron chi connectivity index (χ1n) is 9.55. The molecule has 5 fully saturated rings. The Bertz CT molecular complexity index is 354. The maximum Gasteiger partial charge on any atom is 0.0124 e. The summed E-state index contributed by atoms with van der Waals surface area (Å²) in [4.78, 5) is 2.84. The standard InChI is InChI=1S/C19H34N2/c1-13(20)18-4-3-5-21(12-18)14(2)19-9-15-6-16(10-19)8-17(7-15)11-19/h13-18H,3-12,20H2,1-2H3. The van der Waals surface area contributed by atoms with Gasteiger partial charge in [0.1, 0.15) is 0 Å². The third-order valence-corrected chi connectivity index (χ3v) is 7.75. The van der Waals surface area contributed by atoms with Crippen molar-refractivity contribution in [3.63, 3.8) is 0 Å². The van der Waals surface area contributed by atoms with Gasteiger partial charge in [0, 0.05) is 18.6 Å². The molecule has 5 rings (SSSR count). The van der Waals surface area contributed by atoms with Crippen LogP contribution < -0.4 is 5.73 Å². The van der Waals surface area contributed by atoms with E-state index in [0.717, 1.165) is 29.7 Å². The topological polar surface area (TPSA) is 29.3 Å². The summed E-state index contributed by atoms with van der Waals surface area (Å²) in [6, 6.07) is 1.17. The van der Waals surface area contributed by atoms with Gasteiger partial charge in [0.05, 0.1) is 0 Å². The molecule has 0 radical (unpaired) electrons. The van der Waals surface area contributed by atoms with E-state index in [1.54, 1.807) is 38.5 Å². The molecule has 3 atom stereocenters. The Morgan fingerprint density at radius 3 is 2.10 bits per heavy atom. The Morgan fingerprint density at radius 2 is 1.57 bits per heavy atom. The van der Waals surface area contributed by atoms with Crippen molar-refractivity contribution in [2.45, 2.75) is 77.3 Å². The van der Waals surface area contributed by atoms with E-state index in [0.29, 0.717) is 11.5 Å². The number of hydrogen-bond donors (Lipinski definition) is 1. The van der Waals surface area contributed by atoms with Crippen LogP contribution in [0, 0.1) is 29.1 Å². The van der Waals surface area contributed by atoms with Crippen LogP contribution in [0.25, 0.3) is 0 Å². The molecule has 0 aromatic heterocycles. The molecule has 120 valence electrons. The predicted octanol–water partition coefficient (Wildman–Crippen LogP) is 3.65. The highest BCUT2D eigenvalue weighted by Gasteiger charge is 2.54. The molecule has 4 aliphatic carbocycles. The molecule has 0 spiro atoms. The van der Waals surface area contributed by atoms with Gasteiger partial charge in [0.25, 0.3) is 0 Å². The van der Waals surface area contributed by atoms with Crippen LogP contribution in [0.4, 0.5) is 0 Å². The number of nitrogens with two attached hydrogens (primary N) is 1. The Balaban J connectivity index is 1.50. The number of hydrogen-bond acceptors (Lipinski definition) is 2. The van der Waals surface area contributed by atoms with Crippen LogP contribution in [0.1, 0.15) is 65.2 Å². The summed E-state index contributed by atoms with van der Waals surface area (Å²) in [5.74, 6) is 3.96. The van der Waals surface area contributed by atoms with Gasteiger partial charge >= 0.3 is 0 Å². The minimum atomic E-state index is 0.372. The zero-order valence-electron chi connectivity index (χ0n) is 14.1. The van der Waals surface area contributed by atoms with Crippen LogP contribution in [-0.2, 0) is 0 Å². The Hall–Kier alpha value is -0.0800. The van der Waals surface area contributed by atoms with Gasteiger partial charge in [-0.1, -0.05) is 0 Å². The number of likely N-dealkylation sites (tertiary alicyclic amines) is 1. The molecule has 0 aromatic rings. The first-order valence-corrected chi connectivity index (χ1v) is 9.55. The third-order valence-electron chi connectivity index (χ3n) is 7.75. The summed E-state index contributed by atoms with van der Waals surface area (Å²) in [6.07, 6.45) is 12.0. The van der Waals surface area contributed by atoms with Crippen LogP contribution in [0.15, 0.2) is 0 Å². The predicted molar refractivity (Wildman–Crippen MR) is 88.0 cm³/mol. The third kappa shape index (κ3) is 2.47. The molecule has 5 aliphatic rings. The maximum absolute atomic E-state index is 6.21. The van der Waals surface area contributed by atoms with Crippen molar-refractivity contribution in [3.8, 4) is 0 Å². The van der Waals surface area contributed by atoms with Gasteiger partial charge in [-0.05, 0) is 101 Å². The quantitative estimate of drug-likeness (QED) is 0.859. The molecule has 4 saturated carbocycles. The molecule has 0 aromatic carbocycles. The fraction of sp³-hybridized carbons (Fsp3) is 1.00. The number of piperidine rings is 1. The average molecular weight is 290 g/mol. The van der Waals surface area contributed by atoms with E-state index < -0.39 is 0 Å². The van der Waals surface area contributed by atoms with Crippen molar-refractivity contribution in [2.75, 3.05) is 13.1 Å². The van der Waals surface area contributed by atoms with Crippen molar-refractivity contribution < 1.29 is 0 Å². The first-order chi connectivity index (χ1) is 10.1. The van der Waals surface area contributed by atoms with Gasteiger partial charge in [-0.2, -0.15) is 0 Å². The zero-order valence-corrected chi connectivity index (χ0v) is 14.1. The maximum atomic E-state index is 6.21. The Kier molecular flexibility index (Phi) is 3.61. The smallest absolute Gasteiger partial charge is 0.0124 e. The fourth-order valence-corrected chi connectivity index (χ4v) is 6.90. The van der Waals surface area contributed by atoms with Crippen molar-refractivity contribution in [1.29, 1.82) is 0 Å². The van der Waals surface area contributed by atoms with Gasteiger partial charge < -0.3 is 5.73 Å². The molecular formula is C19H34N2. The zero-order chi connectivity index (χ0) is 14.6. The average Bonchev–Trinajstić information content (AvgIpc) is 2.45. The lowest BCUT2D eigenvalue weighted by Crippen LogP contribution is -2.58. The van der Waals surface area contributed by atoms with E-state index in [1.807, 2.05) is 0 Å². The van der Waals surface area contributed by atoms with Crippen molar-refractivity contribution in [2.24, 2.45) is 34.8 Å². The molecule has 4 bridgehead atoms. The summed E-state index contributed by atoms with van der Waals surface area (Å²) >= 11 is 0. The van der Waals surface area contributed by atoms with Gasteiger partial charge in [-0.15, -0.1) is 0 Å². The van der Waals surface area contributed by atoms with Crippen LogP contribution in [0.5, 0.6) is 0 Å². The first kappa shape index (κ1) is 14.5. The van der Waals surface area contributed by atoms with Crippen molar-refractivity contribution >= 4 is 0 Å². The summed E-state index contributed by atoms with van der Waals surface area (Å²) in [5, 5.41) is 0. The molecule has 0 amide bonds. The van der Waals surface area contributed by atoms with Gasteiger partial charge in [0.2, 0.25) is 0 Å².